The van der Waals surface area contributed by atoms with Crippen LogP contribution in [0.2, 0.25) is 0 Å². The number of rotatable bonds is 1. The molecule has 68 valence electrons. The summed E-state index contributed by atoms with van der Waals surface area (Å²) in [4.78, 5) is 0. The molecule has 2 aromatic heterocycles. The lowest BCUT2D eigenvalue weighted by atomic mass is 10.0. The molecule has 0 aliphatic carbocycles. The molecule has 0 saturated carbocycles. The molecule has 0 saturated heterocycles. The second kappa shape index (κ2) is 3.29. The topological polar surface area (TPSA) is 17.3 Å². The van der Waals surface area contributed by atoms with Crippen LogP contribution in [0.1, 0.15) is 25.3 Å². The zero-order chi connectivity index (χ0) is 9.42. The van der Waals surface area contributed by atoms with Gasteiger partial charge in [0.25, 0.3) is 0 Å². The van der Waals surface area contributed by atoms with Gasteiger partial charge in [0.15, 0.2) is 0 Å². The molecule has 0 aromatic carbocycles. The van der Waals surface area contributed by atoms with Crippen molar-refractivity contribution in [2.24, 2.45) is 0 Å². The van der Waals surface area contributed by atoms with E-state index >= 15 is 0 Å². The summed E-state index contributed by atoms with van der Waals surface area (Å²) in [5.41, 5.74) is 2.58. The number of nitrogens with zero attached hydrogens (tertiary/aromatic N) is 2. The average Bonchev–Trinajstić information content (AvgIpc) is 2.53. The standard InChI is InChI=1S/C10H11IN2/c1-7(2)8-3-4-10(11)13-9(8)5-6-12-13/h3-7H,1-2H3. The van der Waals surface area contributed by atoms with Crippen LogP contribution >= 0.6 is 22.6 Å². The molecular weight excluding hydrogens is 275 g/mol. The monoisotopic (exact) mass is 286 g/mol. The minimum atomic E-state index is 0.552. The second-order valence-corrected chi connectivity index (χ2v) is 4.50. The van der Waals surface area contributed by atoms with Gasteiger partial charge in [0.1, 0.15) is 3.70 Å². The van der Waals surface area contributed by atoms with E-state index in [0.29, 0.717) is 5.92 Å². The van der Waals surface area contributed by atoms with Crippen LogP contribution in [0.25, 0.3) is 5.52 Å². The van der Waals surface area contributed by atoms with Crippen molar-refractivity contribution >= 4 is 28.1 Å². The number of fused-ring (bicyclic) bond motifs is 1. The summed E-state index contributed by atoms with van der Waals surface area (Å²) in [5, 5.41) is 4.27. The third kappa shape index (κ3) is 1.45. The Morgan fingerprint density at radius 2 is 2.08 bits per heavy atom. The molecule has 0 atom stereocenters. The van der Waals surface area contributed by atoms with Crippen molar-refractivity contribution in [1.29, 1.82) is 0 Å². The van der Waals surface area contributed by atoms with Crippen LogP contribution in [-0.4, -0.2) is 9.61 Å². The van der Waals surface area contributed by atoms with Gasteiger partial charge in [-0.3, -0.25) is 0 Å². The molecular formula is C10H11IN2. The van der Waals surface area contributed by atoms with Gasteiger partial charge < -0.3 is 0 Å². The van der Waals surface area contributed by atoms with Gasteiger partial charge in [-0.2, -0.15) is 5.10 Å². The maximum Gasteiger partial charge on any atom is 0.103 e. The SMILES string of the molecule is CC(C)c1ccc(I)n2nccc12. The fourth-order valence-electron chi connectivity index (χ4n) is 1.49. The summed E-state index contributed by atoms with van der Waals surface area (Å²) >= 11 is 2.30. The van der Waals surface area contributed by atoms with E-state index in [1.54, 1.807) is 0 Å². The van der Waals surface area contributed by atoms with E-state index in [1.165, 1.54) is 11.1 Å². The van der Waals surface area contributed by atoms with Crippen LogP contribution in [0.3, 0.4) is 0 Å². The Hall–Kier alpha value is -0.580. The zero-order valence-corrected chi connectivity index (χ0v) is 9.82. The van der Waals surface area contributed by atoms with Crippen LogP contribution in [0, 0.1) is 3.70 Å². The van der Waals surface area contributed by atoms with E-state index in [4.69, 9.17) is 0 Å². The normalized spacial score (nSPS) is 11.4. The van der Waals surface area contributed by atoms with E-state index in [9.17, 15) is 0 Å². The van der Waals surface area contributed by atoms with Gasteiger partial charge in [0.05, 0.1) is 11.7 Å². The van der Waals surface area contributed by atoms with E-state index in [1.807, 2.05) is 10.7 Å². The molecule has 0 aliphatic heterocycles. The molecule has 0 bridgehead atoms. The molecule has 0 fully saturated rings. The largest absolute Gasteiger partial charge is 0.227 e. The first-order valence-electron chi connectivity index (χ1n) is 4.32. The van der Waals surface area contributed by atoms with Crippen molar-refractivity contribution < 1.29 is 0 Å². The van der Waals surface area contributed by atoms with Crippen molar-refractivity contribution in [2.45, 2.75) is 19.8 Å². The van der Waals surface area contributed by atoms with Crippen molar-refractivity contribution in [3.8, 4) is 0 Å². The number of hydrogen-bond acceptors (Lipinski definition) is 1. The van der Waals surface area contributed by atoms with Crippen molar-refractivity contribution in [3.63, 3.8) is 0 Å². The van der Waals surface area contributed by atoms with Gasteiger partial charge in [0, 0.05) is 0 Å². The average molecular weight is 286 g/mol. The first kappa shape index (κ1) is 8.99. The Morgan fingerprint density at radius 1 is 1.31 bits per heavy atom. The molecule has 0 N–H and O–H groups in total. The van der Waals surface area contributed by atoms with Gasteiger partial charge in [-0.1, -0.05) is 19.9 Å². The first-order chi connectivity index (χ1) is 6.20. The minimum Gasteiger partial charge on any atom is -0.227 e. The van der Waals surface area contributed by atoms with E-state index in [2.05, 4.69) is 59.7 Å². The molecule has 0 amide bonds. The van der Waals surface area contributed by atoms with Crippen LogP contribution in [0.5, 0.6) is 0 Å². The molecule has 13 heavy (non-hydrogen) atoms. The lowest BCUT2D eigenvalue weighted by Crippen LogP contribution is -1.97. The van der Waals surface area contributed by atoms with Gasteiger partial charge >= 0.3 is 0 Å². The molecule has 3 heteroatoms. The van der Waals surface area contributed by atoms with E-state index in [-0.39, 0.29) is 0 Å². The minimum absolute atomic E-state index is 0.552. The van der Waals surface area contributed by atoms with E-state index in [0.717, 1.165) is 3.70 Å². The number of aromatic nitrogens is 2. The number of hydrogen-bond donors (Lipinski definition) is 0. The highest BCUT2D eigenvalue weighted by molar-refractivity contribution is 14.1. The van der Waals surface area contributed by atoms with Crippen molar-refractivity contribution in [2.75, 3.05) is 0 Å². The molecule has 2 rings (SSSR count). The fraction of sp³-hybridized carbons (Fsp3) is 0.300. The third-order valence-electron chi connectivity index (χ3n) is 2.16. The summed E-state index contributed by atoms with van der Waals surface area (Å²) in [6.45, 7) is 4.41. The smallest absolute Gasteiger partial charge is 0.103 e. The lowest BCUT2D eigenvalue weighted by molar-refractivity contribution is 0.846. The Labute approximate surface area is 91.1 Å². The molecule has 0 radical (unpaired) electrons. The summed E-state index contributed by atoms with van der Waals surface area (Å²) in [7, 11) is 0. The fourth-order valence-corrected chi connectivity index (χ4v) is 2.06. The first-order valence-corrected chi connectivity index (χ1v) is 5.40. The van der Waals surface area contributed by atoms with Gasteiger partial charge in [-0.25, -0.2) is 4.52 Å². The molecule has 2 heterocycles. The van der Waals surface area contributed by atoms with Crippen LogP contribution in [0.15, 0.2) is 24.4 Å². The number of halogens is 1. The van der Waals surface area contributed by atoms with Gasteiger partial charge in [-0.05, 0) is 46.2 Å². The second-order valence-electron chi connectivity index (χ2n) is 3.39. The third-order valence-corrected chi connectivity index (χ3v) is 2.98. The highest BCUT2D eigenvalue weighted by atomic mass is 127. The maximum absolute atomic E-state index is 4.27. The lowest BCUT2D eigenvalue weighted by Gasteiger charge is -2.08. The molecule has 0 unspecified atom stereocenters. The van der Waals surface area contributed by atoms with Crippen LogP contribution in [-0.2, 0) is 0 Å². The van der Waals surface area contributed by atoms with Crippen LogP contribution < -0.4 is 0 Å². The molecule has 2 aromatic rings. The highest BCUT2D eigenvalue weighted by Crippen LogP contribution is 2.21. The van der Waals surface area contributed by atoms with E-state index < -0.39 is 0 Å². The molecule has 0 aliphatic rings. The molecule has 2 nitrogen and oxygen atoms in total. The van der Waals surface area contributed by atoms with Crippen LogP contribution in [0.4, 0.5) is 0 Å². The Balaban J connectivity index is 2.78. The van der Waals surface area contributed by atoms with Gasteiger partial charge in [-0.15, -0.1) is 0 Å². The van der Waals surface area contributed by atoms with Crippen molar-refractivity contribution in [3.05, 3.63) is 33.7 Å². The quantitative estimate of drug-likeness (QED) is 0.581. The Kier molecular flexibility index (Phi) is 2.27. The molecule has 0 spiro atoms. The predicted molar refractivity (Wildman–Crippen MR) is 62.0 cm³/mol. The predicted octanol–water partition coefficient (Wildman–Crippen LogP) is 3.06. The zero-order valence-electron chi connectivity index (χ0n) is 7.66. The summed E-state index contributed by atoms with van der Waals surface area (Å²) in [6.07, 6.45) is 1.85. The summed E-state index contributed by atoms with van der Waals surface area (Å²) in [5.74, 6) is 0.552. The Morgan fingerprint density at radius 3 is 2.77 bits per heavy atom. The number of pyridine rings is 1. The maximum atomic E-state index is 4.27. The van der Waals surface area contributed by atoms with Gasteiger partial charge in [0.2, 0.25) is 0 Å². The van der Waals surface area contributed by atoms with Crippen molar-refractivity contribution in [1.82, 2.24) is 9.61 Å². The summed E-state index contributed by atoms with van der Waals surface area (Å²) < 4.78 is 3.14. The highest BCUT2D eigenvalue weighted by Gasteiger charge is 2.07. The Bertz CT molecular complexity index is 431. The summed E-state index contributed by atoms with van der Waals surface area (Å²) in [6, 6.07) is 6.36.